The Kier molecular flexibility index (Phi) is 5.76. The zero-order valence-electron chi connectivity index (χ0n) is 13.6. The Balaban J connectivity index is 2.06. The quantitative estimate of drug-likeness (QED) is 0.731. The third-order valence-electron chi connectivity index (χ3n) is 4.98. The molecule has 1 saturated carbocycles. The van der Waals surface area contributed by atoms with Crippen molar-refractivity contribution >= 4 is 11.8 Å². The van der Waals surface area contributed by atoms with Gasteiger partial charge in [0.05, 0.1) is 11.0 Å². The summed E-state index contributed by atoms with van der Waals surface area (Å²) in [6.07, 6.45) is 6.20. The van der Waals surface area contributed by atoms with E-state index in [9.17, 15) is 9.59 Å². The van der Waals surface area contributed by atoms with E-state index in [1.807, 2.05) is 32.0 Å². The second-order valence-electron chi connectivity index (χ2n) is 6.47. The van der Waals surface area contributed by atoms with Gasteiger partial charge in [0.25, 0.3) is 0 Å². The Morgan fingerprint density at radius 2 is 1.77 bits per heavy atom. The van der Waals surface area contributed by atoms with E-state index < -0.39 is 5.41 Å². The van der Waals surface area contributed by atoms with Crippen molar-refractivity contribution < 1.29 is 14.3 Å². The highest BCUT2D eigenvalue weighted by Gasteiger charge is 2.41. The van der Waals surface area contributed by atoms with Gasteiger partial charge >= 0.3 is 5.97 Å². The van der Waals surface area contributed by atoms with Gasteiger partial charge < -0.3 is 4.74 Å². The summed E-state index contributed by atoms with van der Waals surface area (Å²) < 4.78 is 5.51. The fraction of sp³-hybridized carbons (Fsp3) is 0.579. The largest absolute Gasteiger partial charge is 0.461 e. The number of rotatable bonds is 6. The Morgan fingerprint density at radius 3 is 2.36 bits per heavy atom. The third-order valence-corrected chi connectivity index (χ3v) is 4.98. The van der Waals surface area contributed by atoms with Crippen LogP contribution in [0.2, 0.25) is 0 Å². The van der Waals surface area contributed by atoms with Gasteiger partial charge in [-0.25, -0.2) is 4.79 Å². The zero-order chi connectivity index (χ0) is 16.0. The Hall–Kier alpha value is -1.64. The lowest BCUT2D eigenvalue weighted by Gasteiger charge is -2.38. The minimum atomic E-state index is -0.542. The molecule has 1 aromatic rings. The van der Waals surface area contributed by atoms with Crippen LogP contribution in [0.3, 0.4) is 0 Å². The zero-order valence-corrected chi connectivity index (χ0v) is 13.6. The molecule has 1 aliphatic carbocycles. The van der Waals surface area contributed by atoms with Crippen LogP contribution in [0.25, 0.3) is 0 Å². The summed E-state index contributed by atoms with van der Waals surface area (Å²) >= 11 is 0. The maximum absolute atomic E-state index is 12.5. The van der Waals surface area contributed by atoms with Gasteiger partial charge in [0.2, 0.25) is 0 Å². The number of hydrogen-bond donors (Lipinski definition) is 0. The van der Waals surface area contributed by atoms with E-state index in [4.69, 9.17) is 4.74 Å². The minimum Gasteiger partial charge on any atom is -0.461 e. The molecular formula is C19H26O3. The maximum Gasteiger partial charge on any atom is 0.338 e. The predicted molar refractivity (Wildman–Crippen MR) is 86.7 cm³/mol. The number of Topliss-reactive ketones (excluding diaryl/α,β-unsaturated/α-hetero) is 1. The number of carbonyl (C=O) groups is 2. The fourth-order valence-corrected chi connectivity index (χ4v) is 3.44. The molecular weight excluding hydrogens is 276 g/mol. The first-order valence-corrected chi connectivity index (χ1v) is 8.33. The molecule has 1 fully saturated rings. The van der Waals surface area contributed by atoms with Crippen molar-refractivity contribution in [2.75, 3.05) is 6.61 Å². The van der Waals surface area contributed by atoms with Crippen LogP contribution in [-0.4, -0.2) is 18.4 Å². The summed E-state index contributed by atoms with van der Waals surface area (Å²) in [5.41, 5.74) is -0.00276. The van der Waals surface area contributed by atoms with Crippen molar-refractivity contribution in [2.24, 2.45) is 11.3 Å². The van der Waals surface area contributed by atoms with Gasteiger partial charge in [0, 0.05) is 6.42 Å². The van der Waals surface area contributed by atoms with E-state index >= 15 is 0 Å². The Labute approximate surface area is 133 Å². The van der Waals surface area contributed by atoms with Gasteiger partial charge in [-0.3, -0.25) is 4.79 Å². The highest BCUT2D eigenvalue weighted by atomic mass is 16.5. The molecule has 22 heavy (non-hydrogen) atoms. The second kappa shape index (κ2) is 7.57. The molecule has 0 radical (unpaired) electrons. The highest BCUT2D eigenvalue weighted by Crippen LogP contribution is 2.40. The summed E-state index contributed by atoms with van der Waals surface area (Å²) in [6.45, 7) is 4.06. The summed E-state index contributed by atoms with van der Waals surface area (Å²) in [5.74, 6) is 0.198. The molecule has 0 aliphatic heterocycles. The van der Waals surface area contributed by atoms with Crippen LogP contribution in [-0.2, 0) is 9.53 Å². The van der Waals surface area contributed by atoms with E-state index in [0.29, 0.717) is 17.9 Å². The number of esters is 1. The Bertz CT molecular complexity index is 503. The van der Waals surface area contributed by atoms with Crippen LogP contribution in [0.15, 0.2) is 30.3 Å². The molecule has 3 nitrogen and oxygen atoms in total. The van der Waals surface area contributed by atoms with Crippen molar-refractivity contribution in [3.8, 4) is 0 Å². The molecule has 3 heteroatoms. The van der Waals surface area contributed by atoms with E-state index in [2.05, 4.69) is 0 Å². The normalized spacial score (nSPS) is 18.5. The number of carbonyl (C=O) groups excluding carboxylic acids is 2. The smallest absolute Gasteiger partial charge is 0.338 e. The highest BCUT2D eigenvalue weighted by molar-refractivity contribution is 5.90. The summed E-state index contributed by atoms with van der Waals surface area (Å²) in [4.78, 5) is 24.6. The molecule has 0 N–H and O–H groups in total. The van der Waals surface area contributed by atoms with Crippen LogP contribution in [0.5, 0.6) is 0 Å². The van der Waals surface area contributed by atoms with E-state index in [1.165, 1.54) is 19.3 Å². The molecule has 1 aliphatic rings. The van der Waals surface area contributed by atoms with Gasteiger partial charge in [-0.1, -0.05) is 44.4 Å². The number of ketones is 1. The van der Waals surface area contributed by atoms with Crippen LogP contribution < -0.4 is 0 Å². The lowest BCUT2D eigenvalue weighted by atomic mass is 9.67. The summed E-state index contributed by atoms with van der Waals surface area (Å²) in [6, 6.07) is 8.97. The second-order valence-corrected chi connectivity index (χ2v) is 6.47. The number of benzene rings is 1. The molecule has 0 aromatic heterocycles. The summed E-state index contributed by atoms with van der Waals surface area (Å²) in [7, 11) is 0. The van der Waals surface area contributed by atoms with Crippen molar-refractivity contribution in [2.45, 2.75) is 52.4 Å². The lowest BCUT2D eigenvalue weighted by molar-refractivity contribution is -0.134. The first-order chi connectivity index (χ1) is 10.6. The first kappa shape index (κ1) is 16.7. The molecule has 0 unspecified atom stereocenters. The monoisotopic (exact) mass is 302 g/mol. The van der Waals surface area contributed by atoms with E-state index in [0.717, 1.165) is 12.8 Å². The molecule has 1 atom stereocenters. The number of hydrogen-bond acceptors (Lipinski definition) is 3. The topological polar surface area (TPSA) is 43.4 Å². The van der Waals surface area contributed by atoms with Gasteiger partial charge in [0.1, 0.15) is 12.4 Å². The van der Waals surface area contributed by atoms with Gasteiger partial charge in [0.15, 0.2) is 0 Å². The molecule has 120 valence electrons. The van der Waals surface area contributed by atoms with Gasteiger partial charge in [-0.15, -0.1) is 0 Å². The van der Waals surface area contributed by atoms with E-state index in [-0.39, 0.29) is 18.4 Å². The van der Waals surface area contributed by atoms with Gasteiger partial charge in [-0.05, 0) is 37.8 Å². The first-order valence-electron chi connectivity index (χ1n) is 8.33. The van der Waals surface area contributed by atoms with Crippen LogP contribution in [0.4, 0.5) is 0 Å². The van der Waals surface area contributed by atoms with Crippen LogP contribution >= 0.6 is 0 Å². The predicted octanol–water partition coefficient (Wildman–Crippen LogP) is 4.41. The van der Waals surface area contributed by atoms with Crippen molar-refractivity contribution in [3.05, 3.63) is 35.9 Å². The lowest BCUT2D eigenvalue weighted by Crippen LogP contribution is -2.41. The number of ether oxygens (including phenoxy) is 1. The molecule has 2 rings (SSSR count). The van der Waals surface area contributed by atoms with Gasteiger partial charge in [-0.2, -0.15) is 0 Å². The van der Waals surface area contributed by atoms with Crippen molar-refractivity contribution in [3.63, 3.8) is 0 Å². The van der Waals surface area contributed by atoms with Crippen molar-refractivity contribution in [1.82, 2.24) is 0 Å². The Morgan fingerprint density at radius 1 is 1.14 bits per heavy atom. The van der Waals surface area contributed by atoms with Crippen LogP contribution in [0, 0.1) is 11.3 Å². The maximum atomic E-state index is 12.5. The average Bonchev–Trinajstić information content (AvgIpc) is 2.60. The van der Waals surface area contributed by atoms with Crippen LogP contribution in [0.1, 0.15) is 62.7 Å². The third kappa shape index (κ3) is 3.76. The SMILES string of the molecule is CCC(=O)[C@](C)(COC(=O)c1ccccc1)C1CCCCC1. The standard InChI is InChI=1S/C19H26O3/c1-3-17(20)19(2,16-12-8-5-9-13-16)14-22-18(21)15-10-6-4-7-11-15/h4,6-7,10-11,16H,3,5,8-9,12-14H2,1-2H3/t19-/m1/s1. The fourth-order valence-electron chi connectivity index (χ4n) is 3.44. The summed E-state index contributed by atoms with van der Waals surface area (Å²) in [5, 5.41) is 0. The van der Waals surface area contributed by atoms with Crippen molar-refractivity contribution in [1.29, 1.82) is 0 Å². The molecule has 0 bridgehead atoms. The molecule has 1 aromatic carbocycles. The molecule has 0 heterocycles. The van der Waals surface area contributed by atoms with E-state index in [1.54, 1.807) is 12.1 Å². The average molecular weight is 302 g/mol. The molecule has 0 saturated heterocycles. The molecule has 0 spiro atoms. The molecule has 0 amide bonds. The minimum absolute atomic E-state index is 0.193.